The molecule has 2 aromatic rings. The molecule has 2 rings (SSSR count). The lowest BCUT2D eigenvalue weighted by Gasteiger charge is -2.03. The molecule has 0 bridgehead atoms. The lowest BCUT2D eigenvalue weighted by Crippen LogP contribution is -2.01. The van der Waals surface area contributed by atoms with Crippen molar-refractivity contribution in [2.75, 3.05) is 5.73 Å². The molecule has 2 aromatic heterocycles. The van der Waals surface area contributed by atoms with Crippen molar-refractivity contribution in [3.05, 3.63) is 40.3 Å². The first-order valence-corrected chi connectivity index (χ1v) is 4.77. The van der Waals surface area contributed by atoms with Crippen LogP contribution in [0.4, 0.5) is 11.6 Å². The van der Waals surface area contributed by atoms with Crippen LogP contribution in [0.2, 0.25) is 0 Å². The van der Waals surface area contributed by atoms with E-state index < -0.39 is 4.92 Å². The van der Waals surface area contributed by atoms with Gasteiger partial charge in [0.15, 0.2) is 5.69 Å². The monoisotopic (exact) mass is 231 g/mol. The highest BCUT2D eigenvalue weighted by molar-refractivity contribution is 5.69. The maximum atomic E-state index is 10.9. The van der Waals surface area contributed by atoms with E-state index in [0.717, 1.165) is 11.8 Å². The van der Waals surface area contributed by atoms with Gasteiger partial charge in [-0.05, 0) is 18.6 Å². The third kappa shape index (κ3) is 2.17. The van der Waals surface area contributed by atoms with Crippen molar-refractivity contribution in [3.8, 4) is 11.3 Å². The molecule has 0 atom stereocenters. The second-order valence-electron chi connectivity index (χ2n) is 3.47. The summed E-state index contributed by atoms with van der Waals surface area (Å²) in [5.74, 6) is -0.00731. The number of nitrogens with two attached hydrogens (primary N) is 1. The summed E-state index contributed by atoms with van der Waals surface area (Å²) >= 11 is 0. The number of nitro groups is 1. The van der Waals surface area contributed by atoms with Gasteiger partial charge < -0.3 is 5.73 Å². The van der Waals surface area contributed by atoms with Gasteiger partial charge in [0.05, 0.1) is 4.92 Å². The zero-order valence-corrected chi connectivity index (χ0v) is 8.99. The first-order chi connectivity index (χ1) is 8.08. The molecular formula is C10H9N5O2. The molecule has 0 aliphatic heterocycles. The Hall–Kier alpha value is -2.57. The number of anilines is 1. The molecule has 0 saturated heterocycles. The van der Waals surface area contributed by atoms with Gasteiger partial charge in [0.2, 0.25) is 5.95 Å². The second kappa shape index (κ2) is 4.12. The van der Waals surface area contributed by atoms with Crippen LogP contribution in [-0.2, 0) is 0 Å². The van der Waals surface area contributed by atoms with Gasteiger partial charge in [0.25, 0.3) is 0 Å². The Kier molecular flexibility index (Phi) is 2.65. The molecule has 0 unspecified atom stereocenters. The summed E-state index contributed by atoms with van der Waals surface area (Å²) < 4.78 is 0. The molecule has 17 heavy (non-hydrogen) atoms. The number of aromatic nitrogens is 3. The fourth-order valence-corrected chi connectivity index (χ4v) is 1.42. The summed E-state index contributed by atoms with van der Waals surface area (Å²) in [6.45, 7) is 1.84. The van der Waals surface area contributed by atoms with E-state index in [4.69, 9.17) is 5.73 Å². The van der Waals surface area contributed by atoms with Gasteiger partial charge in [-0.15, -0.1) is 0 Å². The van der Waals surface area contributed by atoms with E-state index in [1.807, 2.05) is 6.92 Å². The van der Waals surface area contributed by atoms with Crippen molar-refractivity contribution in [1.82, 2.24) is 15.0 Å². The highest BCUT2D eigenvalue weighted by Gasteiger charge is 2.18. The van der Waals surface area contributed by atoms with Crippen LogP contribution in [0.15, 0.2) is 24.7 Å². The van der Waals surface area contributed by atoms with Gasteiger partial charge in [-0.3, -0.25) is 15.1 Å². The number of nitrogens with zero attached hydrogens (tertiary/aromatic N) is 4. The zero-order chi connectivity index (χ0) is 12.4. The van der Waals surface area contributed by atoms with Crippen LogP contribution in [-0.4, -0.2) is 19.9 Å². The van der Waals surface area contributed by atoms with Crippen LogP contribution in [0.3, 0.4) is 0 Å². The third-order valence-corrected chi connectivity index (χ3v) is 2.13. The minimum atomic E-state index is -0.545. The van der Waals surface area contributed by atoms with E-state index in [9.17, 15) is 10.1 Å². The average molecular weight is 231 g/mol. The number of nitrogen functional groups attached to an aromatic ring is 1. The Labute approximate surface area is 96.5 Å². The Balaban J connectivity index is 2.65. The van der Waals surface area contributed by atoms with Crippen molar-refractivity contribution >= 4 is 11.6 Å². The largest absolute Gasteiger partial charge is 0.368 e. The van der Waals surface area contributed by atoms with Crippen LogP contribution >= 0.6 is 0 Å². The number of rotatable bonds is 2. The summed E-state index contributed by atoms with van der Waals surface area (Å²) in [4.78, 5) is 21.8. The van der Waals surface area contributed by atoms with Crippen molar-refractivity contribution in [1.29, 1.82) is 0 Å². The van der Waals surface area contributed by atoms with Gasteiger partial charge in [0, 0.05) is 18.0 Å². The fraction of sp³-hybridized carbons (Fsp3) is 0.100. The van der Waals surface area contributed by atoms with E-state index in [1.165, 1.54) is 6.20 Å². The molecule has 0 aliphatic rings. The number of aryl methyl sites for hydroxylation is 1. The lowest BCUT2D eigenvalue weighted by atomic mass is 10.1. The minimum absolute atomic E-state index is 0.00731. The first-order valence-electron chi connectivity index (χ1n) is 4.77. The van der Waals surface area contributed by atoms with Crippen LogP contribution < -0.4 is 5.73 Å². The van der Waals surface area contributed by atoms with Gasteiger partial charge in [0.1, 0.15) is 6.20 Å². The highest BCUT2D eigenvalue weighted by Crippen LogP contribution is 2.27. The van der Waals surface area contributed by atoms with Crippen molar-refractivity contribution in [2.45, 2.75) is 6.92 Å². The summed E-state index contributed by atoms with van der Waals surface area (Å²) in [6, 6.07) is 1.75. The normalized spacial score (nSPS) is 10.2. The molecule has 86 valence electrons. The highest BCUT2D eigenvalue weighted by atomic mass is 16.6. The molecule has 0 fully saturated rings. The number of pyridine rings is 1. The van der Waals surface area contributed by atoms with E-state index in [-0.39, 0.29) is 17.3 Å². The molecule has 7 heteroatoms. The van der Waals surface area contributed by atoms with Crippen LogP contribution in [0.1, 0.15) is 5.56 Å². The smallest absolute Gasteiger partial charge is 0.313 e. The number of hydrogen-bond acceptors (Lipinski definition) is 6. The molecule has 7 nitrogen and oxygen atoms in total. The van der Waals surface area contributed by atoms with E-state index >= 15 is 0 Å². The maximum Gasteiger partial charge on any atom is 0.313 e. The topological polar surface area (TPSA) is 108 Å². The van der Waals surface area contributed by atoms with Crippen molar-refractivity contribution < 1.29 is 4.92 Å². The zero-order valence-electron chi connectivity index (χ0n) is 8.99. The third-order valence-electron chi connectivity index (χ3n) is 2.13. The quantitative estimate of drug-likeness (QED) is 0.617. The van der Waals surface area contributed by atoms with E-state index in [1.54, 1.807) is 12.3 Å². The average Bonchev–Trinajstić information content (AvgIpc) is 2.28. The van der Waals surface area contributed by atoms with Crippen LogP contribution in [0.25, 0.3) is 11.3 Å². The predicted octanol–water partition coefficient (Wildman–Crippen LogP) is 1.34. The molecule has 0 spiro atoms. The molecule has 0 amide bonds. The predicted molar refractivity (Wildman–Crippen MR) is 61.1 cm³/mol. The standard InChI is InChI=1S/C10H9N5O2/c1-6-2-7(4-12-3-6)9-8(15(16)17)5-13-10(11)14-9/h2-5H,1H3,(H2,11,13,14). The first kappa shape index (κ1) is 10.9. The molecule has 0 radical (unpaired) electrons. The molecule has 0 saturated carbocycles. The molecule has 0 aliphatic carbocycles. The minimum Gasteiger partial charge on any atom is -0.368 e. The molecule has 0 aromatic carbocycles. The van der Waals surface area contributed by atoms with Gasteiger partial charge in [-0.1, -0.05) is 0 Å². The van der Waals surface area contributed by atoms with Crippen molar-refractivity contribution in [2.24, 2.45) is 0 Å². The molecular weight excluding hydrogens is 222 g/mol. The van der Waals surface area contributed by atoms with Gasteiger partial charge in [-0.2, -0.15) is 0 Å². The summed E-state index contributed by atoms with van der Waals surface area (Å²) in [7, 11) is 0. The molecule has 2 N–H and O–H groups in total. The Morgan fingerprint density at radius 1 is 1.35 bits per heavy atom. The Morgan fingerprint density at radius 3 is 2.76 bits per heavy atom. The van der Waals surface area contributed by atoms with Crippen molar-refractivity contribution in [3.63, 3.8) is 0 Å². The van der Waals surface area contributed by atoms with Crippen LogP contribution in [0.5, 0.6) is 0 Å². The fourth-order valence-electron chi connectivity index (χ4n) is 1.42. The second-order valence-corrected chi connectivity index (χ2v) is 3.47. The van der Waals surface area contributed by atoms with E-state index in [2.05, 4.69) is 15.0 Å². The SMILES string of the molecule is Cc1cncc(-c2nc(N)ncc2[N+](=O)[O-])c1. The Morgan fingerprint density at radius 2 is 2.12 bits per heavy atom. The lowest BCUT2D eigenvalue weighted by molar-refractivity contribution is -0.384. The van der Waals surface area contributed by atoms with Gasteiger partial charge >= 0.3 is 5.69 Å². The number of hydrogen-bond donors (Lipinski definition) is 1. The van der Waals surface area contributed by atoms with Gasteiger partial charge in [-0.25, -0.2) is 9.97 Å². The Bertz CT molecular complexity index is 585. The summed E-state index contributed by atoms with van der Waals surface area (Å²) in [6.07, 6.45) is 4.25. The summed E-state index contributed by atoms with van der Waals surface area (Å²) in [5.41, 5.74) is 6.86. The van der Waals surface area contributed by atoms with E-state index in [0.29, 0.717) is 5.56 Å². The van der Waals surface area contributed by atoms with Crippen LogP contribution in [0, 0.1) is 17.0 Å². The summed E-state index contributed by atoms with van der Waals surface area (Å²) in [5, 5.41) is 10.9. The maximum absolute atomic E-state index is 10.9. The molecule has 2 heterocycles.